The minimum atomic E-state index is -1.18. The van der Waals surface area contributed by atoms with Gasteiger partial charge in [0.05, 0.1) is 16.7 Å². The summed E-state index contributed by atoms with van der Waals surface area (Å²) in [6.07, 6.45) is 9.08. The number of aryl methyl sites for hydroxylation is 1. The molecule has 0 bridgehead atoms. The predicted molar refractivity (Wildman–Crippen MR) is 183 cm³/mol. The third kappa shape index (κ3) is 7.14. The molecule has 1 atom stereocenters. The van der Waals surface area contributed by atoms with Crippen LogP contribution in [0.5, 0.6) is 5.75 Å². The van der Waals surface area contributed by atoms with Crippen LogP contribution in [0, 0.1) is 6.92 Å². The summed E-state index contributed by atoms with van der Waals surface area (Å²) in [7, 11) is 2.72. The summed E-state index contributed by atoms with van der Waals surface area (Å²) in [6.45, 7) is 4.66. The maximum Gasteiger partial charge on any atom is 0.260 e. The van der Waals surface area contributed by atoms with Gasteiger partial charge in [-0.1, -0.05) is 6.07 Å². The highest BCUT2D eigenvalue weighted by Crippen LogP contribution is 2.27. The summed E-state index contributed by atoms with van der Waals surface area (Å²) >= 11 is 0. The highest BCUT2D eigenvalue weighted by atomic mass is 32.2. The van der Waals surface area contributed by atoms with Gasteiger partial charge in [-0.25, -0.2) is 13.5 Å². The van der Waals surface area contributed by atoms with Crippen LogP contribution in [-0.4, -0.2) is 84.0 Å². The maximum absolute atomic E-state index is 14.1. The molecule has 5 aromatic rings. The van der Waals surface area contributed by atoms with E-state index in [1.165, 1.54) is 0 Å². The van der Waals surface area contributed by atoms with Gasteiger partial charge in [0.25, 0.3) is 5.56 Å². The molecule has 46 heavy (non-hydrogen) atoms. The van der Waals surface area contributed by atoms with E-state index < -0.39 is 11.0 Å². The van der Waals surface area contributed by atoms with Gasteiger partial charge < -0.3 is 15.0 Å². The van der Waals surface area contributed by atoms with E-state index in [1.54, 1.807) is 40.8 Å². The minimum absolute atomic E-state index is 0.207. The molecule has 1 aliphatic heterocycles. The number of aromatic nitrogens is 5. The lowest BCUT2D eigenvalue weighted by atomic mass is 10.0. The molecule has 4 aromatic heterocycles. The molecule has 12 heteroatoms. The van der Waals surface area contributed by atoms with Crippen molar-refractivity contribution in [3.8, 4) is 28.1 Å². The molecule has 1 saturated heterocycles. The number of pyridine rings is 3. The molecule has 238 valence electrons. The van der Waals surface area contributed by atoms with Crippen molar-refractivity contribution < 1.29 is 8.95 Å². The van der Waals surface area contributed by atoms with Crippen LogP contribution in [0.2, 0.25) is 0 Å². The van der Waals surface area contributed by atoms with E-state index in [1.807, 2.05) is 61.5 Å². The van der Waals surface area contributed by atoms with E-state index in [4.69, 9.17) is 14.7 Å². The second-order valence-corrected chi connectivity index (χ2v) is 13.1. The first-order valence-electron chi connectivity index (χ1n) is 15.3. The summed E-state index contributed by atoms with van der Waals surface area (Å²) in [5.74, 6) is 1.19. The Balaban J connectivity index is 1.30. The van der Waals surface area contributed by atoms with Crippen LogP contribution in [0.1, 0.15) is 18.5 Å². The van der Waals surface area contributed by atoms with Crippen LogP contribution in [0.15, 0.2) is 78.0 Å². The van der Waals surface area contributed by atoms with Crippen molar-refractivity contribution in [2.24, 2.45) is 0 Å². The molecule has 1 fully saturated rings. The predicted octanol–water partition coefficient (Wildman–Crippen LogP) is 4.67. The van der Waals surface area contributed by atoms with Gasteiger partial charge in [0.1, 0.15) is 17.5 Å². The molecule has 0 spiro atoms. The third-order valence-electron chi connectivity index (χ3n) is 8.32. The molecule has 1 N–H and O–H groups in total. The number of hydrogen-bond acceptors (Lipinski definition) is 9. The Morgan fingerprint density at radius 3 is 2.52 bits per heavy atom. The second-order valence-electron chi connectivity index (χ2n) is 11.6. The number of fused-ring (bicyclic) bond motifs is 1. The number of nitrogens with one attached hydrogen (secondary N) is 1. The summed E-state index contributed by atoms with van der Waals surface area (Å²) in [5, 5.41) is 3.97. The number of likely N-dealkylation sites (tertiary alicyclic amines) is 1. The van der Waals surface area contributed by atoms with E-state index in [-0.39, 0.29) is 11.7 Å². The maximum atomic E-state index is 14.1. The first-order chi connectivity index (χ1) is 22.2. The van der Waals surface area contributed by atoms with Crippen molar-refractivity contribution >= 4 is 33.7 Å². The summed E-state index contributed by atoms with van der Waals surface area (Å²) in [4.78, 5) is 34.7. The molecule has 5 heterocycles. The number of likely N-dealkylation sites (N-methyl/N-ethyl adjacent to an activating group) is 1. The quantitative estimate of drug-likeness (QED) is 0.233. The fourth-order valence-corrected chi connectivity index (χ4v) is 5.89. The molecule has 6 rings (SSSR count). The molecular formula is C34H38N8O3S. The highest BCUT2D eigenvalue weighted by molar-refractivity contribution is 7.81. The third-order valence-corrected chi connectivity index (χ3v) is 9.38. The number of ether oxygens (including phenoxy) is 1. The monoisotopic (exact) mass is 638 g/mol. The van der Waals surface area contributed by atoms with Crippen LogP contribution in [-0.2, 0) is 17.5 Å². The first kappa shape index (κ1) is 31.5. The average molecular weight is 639 g/mol. The van der Waals surface area contributed by atoms with Crippen LogP contribution >= 0.6 is 0 Å². The van der Waals surface area contributed by atoms with Gasteiger partial charge in [-0.3, -0.25) is 19.3 Å². The molecule has 0 saturated carbocycles. The Morgan fingerprint density at radius 2 is 1.83 bits per heavy atom. The first-order valence-corrected chi connectivity index (χ1v) is 16.8. The number of hydrogen-bond donors (Lipinski definition) is 1. The SMILES string of the molecule is Cc1nc(-c2cccnc2)ccc1-c1cc2cnc(Nc3ccc(OC4CCN(C)CC4)cc3)nc2n(CCN(C)S(C)=O)c1=O. The molecule has 0 radical (unpaired) electrons. The van der Waals surface area contributed by atoms with Crippen LogP contribution in [0.4, 0.5) is 11.6 Å². The van der Waals surface area contributed by atoms with Crippen molar-refractivity contribution in [2.75, 3.05) is 45.3 Å². The number of piperidine rings is 1. The number of benzene rings is 1. The van der Waals surface area contributed by atoms with Gasteiger partial charge in [0.2, 0.25) is 5.95 Å². The second kappa shape index (κ2) is 13.9. The zero-order valence-electron chi connectivity index (χ0n) is 26.5. The van der Waals surface area contributed by atoms with Gasteiger partial charge in [-0.2, -0.15) is 4.98 Å². The van der Waals surface area contributed by atoms with Crippen LogP contribution in [0.3, 0.4) is 0 Å². The number of anilines is 2. The lowest BCUT2D eigenvalue weighted by Crippen LogP contribution is -2.35. The molecule has 0 amide bonds. The molecule has 1 aromatic carbocycles. The van der Waals surface area contributed by atoms with Crippen molar-refractivity contribution in [3.05, 3.63) is 89.2 Å². The van der Waals surface area contributed by atoms with Crippen molar-refractivity contribution in [2.45, 2.75) is 32.4 Å². The van der Waals surface area contributed by atoms with Crippen molar-refractivity contribution in [3.63, 3.8) is 0 Å². The van der Waals surface area contributed by atoms with Gasteiger partial charge in [-0.05, 0) is 82.4 Å². The highest BCUT2D eigenvalue weighted by Gasteiger charge is 2.19. The van der Waals surface area contributed by atoms with Crippen LogP contribution in [0.25, 0.3) is 33.4 Å². The standard InChI is InChI=1S/C34H38N8O3S/c1-23-29(11-12-31(37-23)24-6-5-15-35-21-24)30-20-25-22-36-34(39-32(25)42(33(30)43)19-18-41(3)46(4)44)38-26-7-9-27(10-8-26)45-28-13-16-40(2)17-14-28/h5-12,15,20-22,28H,13-14,16-19H2,1-4H3,(H,36,38,39). The smallest absolute Gasteiger partial charge is 0.260 e. The van der Waals surface area contributed by atoms with E-state index in [0.29, 0.717) is 35.6 Å². The van der Waals surface area contributed by atoms with Crippen molar-refractivity contribution in [1.29, 1.82) is 0 Å². The van der Waals surface area contributed by atoms with Gasteiger partial charge in [-0.15, -0.1) is 0 Å². The Bertz CT molecular complexity index is 1910. The molecule has 11 nitrogen and oxygen atoms in total. The zero-order chi connectivity index (χ0) is 32.2. The van der Waals surface area contributed by atoms with E-state index in [2.05, 4.69) is 27.2 Å². The Hall–Kier alpha value is -4.52. The van der Waals surface area contributed by atoms with E-state index >= 15 is 0 Å². The summed E-state index contributed by atoms with van der Waals surface area (Å²) < 4.78 is 21.6. The lowest BCUT2D eigenvalue weighted by molar-refractivity contribution is 0.114. The summed E-state index contributed by atoms with van der Waals surface area (Å²) in [6, 6.07) is 17.2. The molecular weight excluding hydrogens is 600 g/mol. The van der Waals surface area contributed by atoms with Gasteiger partial charge >= 0.3 is 0 Å². The van der Waals surface area contributed by atoms with Crippen molar-refractivity contribution in [1.82, 2.24) is 33.7 Å². The Labute approximate surface area is 270 Å². The Morgan fingerprint density at radius 1 is 1.04 bits per heavy atom. The lowest BCUT2D eigenvalue weighted by Gasteiger charge is -2.29. The largest absolute Gasteiger partial charge is 0.490 e. The van der Waals surface area contributed by atoms with E-state index in [0.717, 1.165) is 59.9 Å². The normalized spacial score (nSPS) is 14.9. The molecule has 0 aliphatic carbocycles. The average Bonchev–Trinajstić information content (AvgIpc) is 3.06. The number of rotatable bonds is 10. The zero-order valence-corrected chi connectivity index (χ0v) is 27.3. The minimum Gasteiger partial charge on any atom is -0.490 e. The van der Waals surface area contributed by atoms with Gasteiger partial charge in [0.15, 0.2) is 0 Å². The molecule has 1 aliphatic rings. The summed E-state index contributed by atoms with van der Waals surface area (Å²) in [5.41, 5.74) is 4.71. The fraction of sp³-hybridized carbons (Fsp3) is 0.324. The Kier molecular flexibility index (Phi) is 9.48. The van der Waals surface area contributed by atoms with E-state index in [9.17, 15) is 9.00 Å². The molecule has 1 unspecified atom stereocenters. The van der Waals surface area contributed by atoms with Crippen LogP contribution < -0.4 is 15.6 Å². The topological polar surface area (TPSA) is 118 Å². The fourth-order valence-electron chi connectivity index (χ4n) is 5.55. The number of nitrogens with zero attached hydrogens (tertiary/aromatic N) is 7. The van der Waals surface area contributed by atoms with Gasteiger partial charge in [0, 0.05) is 84.5 Å².